The van der Waals surface area contributed by atoms with E-state index in [0.717, 1.165) is 42.9 Å². The van der Waals surface area contributed by atoms with Crippen molar-refractivity contribution < 1.29 is 0 Å². The average molecular weight is 299 g/mol. The molecule has 0 unspecified atom stereocenters. The summed E-state index contributed by atoms with van der Waals surface area (Å²) < 4.78 is 0. The van der Waals surface area contributed by atoms with Crippen LogP contribution in [0.25, 0.3) is 0 Å². The molecular formula is C15H21N7. The van der Waals surface area contributed by atoms with Gasteiger partial charge in [-0.1, -0.05) is 0 Å². The van der Waals surface area contributed by atoms with Gasteiger partial charge in [-0.15, -0.1) is 5.10 Å². The maximum Gasteiger partial charge on any atom is 0.226 e. The van der Waals surface area contributed by atoms with Crippen molar-refractivity contribution in [3.8, 4) is 0 Å². The Morgan fingerprint density at radius 1 is 1.23 bits per heavy atom. The van der Waals surface area contributed by atoms with E-state index in [1.807, 2.05) is 44.1 Å². The topological polar surface area (TPSA) is 70.1 Å². The minimum absolute atomic E-state index is 0.598. The predicted molar refractivity (Wildman–Crippen MR) is 87.3 cm³/mol. The van der Waals surface area contributed by atoms with E-state index in [9.17, 15) is 0 Å². The van der Waals surface area contributed by atoms with Crippen molar-refractivity contribution in [2.45, 2.75) is 6.92 Å². The number of anilines is 3. The molecule has 3 heterocycles. The molecule has 2 aromatic rings. The summed E-state index contributed by atoms with van der Waals surface area (Å²) in [5.74, 6) is 3.14. The lowest BCUT2D eigenvalue weighted by atomic mass is 10.0. The fourth-order valence-electron chi connectivity index (χ4n) is 2.36. The SMILES string of the molecule is Cc1ccc(N2CC(CNc3ccnc(N(C)C)n3)C2)nn1. The normalized spacial score (nSPS) is 14.6. The van der Waals surface area contributed by atoms with E-state index in [4.69, 9.17) is 0 Å². The molecule has 7 nitrogen and oxygen atoms in total. The Bertz CT molecular complexity index is 620. The van der Waals surface area contributed by atoms with Crippen LogP contribution in [0.4, 0.5) is 17.6 Å². The highest BCUT2D eigenvalue weighted by molar-refractivity contribution is 5.43. The first-order chi connectivity index (χ1) is 10.6. The maximum atomic E-state index is 4.46. The molecule has 22 heavy (non-hydrogen) atoms. The Hall–Kier alpha value is -2.44. The van der Waals surface area contributed by atoms with Gasteiger partial charge in [0.15, 0.2) is 5.82 Å². The second-order valence-electron chi connectivity index (χ2n) is 5.82. The van der Waals surface area contributed by atoms with E-state index in [2.05, 4.69) is 30.4 Å². The Morgan fingerprint density at radius 2 is 2.05 bits per heavy atom. The lowest BCUT2D eigenvalue weighted by molar-refractivity contribution is 0.425. The predicted octanol–water partition coefficient (Wildman–Crippen LogP) is 1.19. The van der Waals surface area contributed by atoms with Gasteiger partial charge in [-0.2, -0.15) is 10.1 Å². The number of nitrogens with one attached hydrogen (secondary N) is 1. The molecule has 0 atom stereocenters. The van der Waals surface area contributed by atoms with E-state index in [1.165, 1.54) is 0 Å². The first kappa shape index (κ1) is 14.5. The molecule has 1 aliphatic rings. The third kappa shape index (κ3) is 3.24. The average Bonchev–Trinajstić information content (AvgIpc) is 2.47. The fourth-order valence-corrected chi connectivity index (χ4v) is 2.36. The third-order valence-corrected chi connectivity index (χ3v) is 3.68. The Morgan fingerprint density at radius 3 is 2.73 bits per heavy atom. The molecular weight excluding hydrogens is 278 g/mol. The summed E-state index contributed by atoms with van der Waals surface area (Å²) in [5.41, 5.74) is 0.947. The van der Waals surface area contributed by atoms with Crippen molar-refractivity contribution in [2.75, 3.05) is 48.8 Å². The standard InChI is InChI=1S/C15H21N7/c1-11-4-5-14(20-19-11)22-9-12(10-22)8-17-13-6-7-16-15(18-13)21(2)3/h4-7,12H,8-10H2,1-3H3,(H,16,17,18). The van der Waals surface area contributed by atoms with E-state index in [0.29, 0.717) is 5.92 Å². The van der Waals surface area contributed by atoms with Crippen LogP contribution in [0.3, 0.4) is 0 Å². The number of hydrogen-bond acceptors (Lipinski definition) is 7. The summed E-state index contributed by atoms with van der Waals surface area (Å²) in [6.45, 7) is 4.84. The smallest absolute Gasteiger partial charge is 0.226 e. The molecule has 7 heteroatoms. The monoisotopic (exact) mass is 299 g/mol. The highest BCUT2D eigenvalue weighted by atomic mass is 15.3. The van der Waals surface area contributed by atoms with Gasteiger partial charge >= 0.3 is 0 Å². The Labute approximate surface area is 130 Å². The van der Waals surface area contributed by atoms with Crippen LogP contribution in [-0.4, -0.2) is 53.9 Å². The fraction of sp³-hybridized carbons (Fsp3) is 0.467. The summed E-state index contributed by atoms with van der Waals surface area (Å²) in [6, 6.07) is 5.92. The molecule has 116 valence electrons. The summed E-state index contributed by atoms with van der Waals surface area (Å²) >= 11 is 0. The number of nitrogens with zero attached hydrogens (tertiary/aromatic N) is 6. The third-order valence-electron chi connectivity index (χ3n) is 3.68. The van der Waals surface area contributed by atoms with Gasteiger partial charge in [0.2, 0.25) is 5.95 Å². The minimum atomic E-state index is 0.598. The summed E-state index contributed by atoms with van der Waals surface area (Å²) in [6.07, 6.45) is 1.78. The van der Waals surface area contributed by atoms with Gasteiger partial charge in [-0.25, -0.2) is 4.98 Å². The van der Waals surface area contributed by atoms with Gasteiger partial charge in [-0.3, -0.25) is 0 Å². The van der Waals surface area contributed by atoms with Crippen LogP contribution in [0, 0.1) is 12.8 Å². The van der Waals surface area contributed by atoms with E-state index < -0.39 is 0 Å². The molecule has 1 aliphatic heterocycles. The molecule has 0 amide bonds. The lowest BCUT2D eigenvalue weighted by Crippen LogP contribution is -2.50. The van der Waals surface area contributed by atoms with Crippen LogP contribution in [0.5, 0.6) is 0 Å². The van der Waals surface area contributed by atoms with Crippen molar-refractivity contribution in [3.63, 3.8) is 0 Å². The van der Waals surface area contributed by atoms with E-state index >= 15 is 0 Å². The molecule has 1 fully saturated rings. The van der Waals surface area contributed by atoms with Crippen molar-refractivity contribution in [2.24, 2.45) is 5.92 Å². The highest BCUT2D eigenvalue weighted by Gasteiger charge is 2.27. The van der Waals surface area contributed by atoms with Gasteiger partial charge in [-0.05, 0) is 25.1 Å². The number of aryl methyl sites for hydroxylation is 1. The molecule has 0 spiro atoms. The highest BCUT2D eigenvalue weighted by Crippen LogP contribution is 2.22. The van der Waals surface area contributed by atoms with Crippen molar-refractivity contribution in [1.29, 1.82) is 0 Å². The van der Waals surface area contributed by atoms with E-state index in [-0.39, 0.29) is 0 Å². The number of aromatic nitrogens is 4. The largest absolute Gasteiger partial charge is 0.369 e. The van der Waals surface area contributed by atoms with E-state index in [1.54, 1.807) is 6.20 Å². The second kappa shape index (κ2) is 6.13. The summed E-state index contributed by atoms with van der Waals surface area (Å²) in [7, 11) is 3.87. The molecule has 0 bridgehead atoms. The molecule has 1 saturated heterocycles. The number of rotatable bonds is 5. The van der Waals surface area contributed by atoms with Crippen LogP contribution in [0.15, 0.2) is 24.4 Å². The summed E-state index contributed by atoms with van der Waals surface area (Å²) in [4.78, 5) is 12.8. The minimum Gasteiger partial charge on any atom is -0.369 e. The molecule has 3 rings (SSSR count). The van der Waals surface area contributed by atoms with Crippen LogP contribution < -0.4 is 15.1 Å². The zero-order chi connectivity index (χ0) is 15.5. The van der Waals surface area contributed by atoms with Crippen LogP contribution in [0.2, 0.25) is 0 Å². The van der Waals surface area contributed by atoms with Crippen LogP contribution in [-0.2, 0) is 0 Å². The lowest BCUT2D eigenvalue weighted by Gasteiger charge is -2.40. The van der Waals surface area contributed by atoms with Gasteiger partial charge in [0.1, 0.15) is 5.82 Å². The van der Waals surface area contributed by atoms with Gasteiger partial charge in [0, 0.05) is 45.8 Å². The van der Waals surface area contributed by atoms with Gasteiger partial charge in [0.25, 0.3) is 0 Å². The quantitative estimate of drug-likeness (QED) is 0.889. The maximum absolute atomic E-state index is 4.46. The molecule has 0 saturated carbocycles. The molecule has 2 aromatic heterocycles. The molecule has 0 radical (unpaired) electrons. The molecule has 0 aliphatic carbocycles. The Balaban J connectivity index is 1.48. The molecule has 1 N–H and O–H groups in total. The van der Waals surface area contributed by atoms with Crippen molar-refractivity contribution >= 4 is 17.6 Å². The van der Waals surface area contributed by atoms with Gasteiger partial charge < -0.3 is 15.1 Å². The zero-order valence-electron chi connectivity index (χ0n) is 13.2. The zero-order valence-corrected chi connectivity index (χ0v) is 13.2. The van der Waals surface area contributed by atoms with Crippen LogP contribution >= 0.6 is 0 Å². The van der Waals surface area contributed by atoms with Crippen molar-refractivity contribution in [1.82, 2.24) is 20.2 Å². The molecule has 0 aromatic carbocycles. The second-order valence-corrected chi connectivity index (χ2v) is 5.82. The summed E-state index contributed by atoms with van der Waals surface area (Å²) in [5, 5.41) is 11.7. The van der Waals surface area contributed by atoms with Crippen LogP contribution in [0.1, 0.15) is 5.69 Å². The number of hydrogen-bond donors (Lipinski definition) is 1. The first-order valence-electron chi connectivity index (χ1n) is 7.41. The van der Waals surface area contributed by atoms with Crippen molar-refractivity contribution in [3.05, 3.63) is 30.1 Å². The first-order valence-corrected chi connectivity index (χ1v) is 7.41. The van der Waals surface area contributed by atoms with Gasteiger partial charge in [0.05, 0.1) is 5.69 Å². The Kier molecular flexibility index (Phi) is 4.04.